The number of nitrogens with zero attached hydrogens (tertiary/aromatic N) is 3. The molecule has 8 nitrogen and oxygen atoms in total. The highest BCUT2D eigenvalue weighted by Gasteiger charge is 2.66. The molecule has 1 unspecified atom stereocenters. The summed E-state index contributed by atoms with van der Waals surface area (Å²) >= 11 is 12.1. The summed E-state index contributed by atoms with van der Waals surface area (Å²) in [5.74, 6) is -3.21. The van der Waals surface area contributed by atoms with Gasteiger partial charge >= 0.3 is 0 Å². The van der Waals surface area contributed by atoms with Crippen LogP contribution in [-0.2, 0) is 15.1 Å². The summed E-state index contributed by atoms with van der Waals surface area (Å²) in [6.07, 6.45) is 6.05. The highest BCUT2D eigenvalue weighted by Crippen LogP contribution is 2.57. The quantitative estimate of drug-likeness (QED) is 0.200. The summed E-state index contributed by atoms with van der Waals surface area (Å²) in [4.78, 5) is 42.4. The number of carbonyl (C=O) groups excluding carboxylic acids is 2. The number of hydrogen-bond donors (Lipinski definition) is 1. The Morgan fingerprint density at radius 2 is 2.00 bits per heavy atom. The van der Waals surface area contributed by atoms with Crippen molar-refractivity contribution in [2.45, 2.75) is 25.3 Å². The number of benzene rings is 2. The van der Waals surface area contributed by atoms with Crippen molar-refractivity contribution in [3.05, 3.63) is 98.8 Å². The van der Waals surface area contributed by atoms with Gasteiger partial charge in [-0.2, -0.15) is 0 Å². The summed E-state index contributed by atoms with van der Waals surface area (Å²) in [7, 11) is 0. The second kappa shape index (κ2) is 11.4. The number of likely N-dealkylation sites (tertiary alicyclic amines) is 1. The molecule has 2 aromatic rings. The molecule has 0 aromatic heterocycles. The lowest BCUT2D eigenvalue weighted by atomic mass is 9.74. The molecule has 0 radical (unpaired) electrons. The number of allylic oxidation sites excluding steroid dienone is 4. The maximum absolute atomic E-state index is 16.5. The lowest BCUT2D eigenvalue weighted by Crippen LogP contribution is -2.52. The standard InChI is InChI=1S/C30H29Cl2FN4O4/c1-3-36(21-10-12-22(13-11-21)37(40)41)28(38)23-17-35(16-19-7-8-19)30(27(23)25(33)6-4-5-18(2)31)24-14-9-20(32)15-26(24)34-29(30)39/h4-6,9-15,19,23,27H,2-3,7-8,16-17H2,1H3,(H,34,39)/b5-4-,25-6-/t23-,27?,30-/m1/s1. The van der Waals surface area contributed by atoms with Crippen LogP contribution in [0.2, 0.25) is 5.02 Å². The Bertz CT molecular complexity index is 1470. The van der Waals surface area contributed by atoms with Crippen molar-refractivity contribution in [1.82, 2.24) is 4.90 Å². The smallest absolute Gasteiger partial charge is 0.269 e. The topological polar surface area (TPSA) is 95.8 Å². The molecule has 2 amide bonds. The van der Waals surface area contributed by atoms with Crippen molar-refractivity contribution in [2.75, 3.05) is 29.9 Å². The third-order valence-electron chi connectivity index (χ3n) is 8.03. The van der Waals surface area contributed by atoms with E-state index in [1.54, 1.807) is 25.1 Å². The van der Waals surface area contributed by atoms with Crippen LogP contribution in [-0.4, -0.2) is 41.3 Å². The Morgan fingerprint density at radius 1 is 1.29 bits per heavy atom. The molecule has 41 heavy (non-hydrogen) atoms. The molecule has 5 rings (SSSR count). The zero-order valence-electron chi connectivity index (χ0n) is 22.4. The second-order valence-corrected chi connectivity index (χ2v) is 11.5. The van der Waals surface area contributed by atoms with Crippen LogP contribution in [0.4, 0.5) is 21.5 Å². The van der Waals surface area contributed by atoms with Crippen LogP contribution < -0.4 is 10.2 Å². The maximum atomic E-state index is 16.5. The van der Waals surface area contributed by atoms with Gasteiger partial charge in [0.15, 0.2) is 0 Å². The minimum atomic E-state index is -1.48. The SMILES string of the molecule is C=C(Cl)/C=C\C=C(/F)C1[C@H](C(=O)N(CC)c2ccc([N+](=O)[O-])cc2)CN(CC2CC2)[C@@]12C(=O)Nc1cc(Cl)ccc12. The van der Waals surface area contributed by atoms with E-state index >= 15 is 4.39 Å². The van der Waals surface area contributed by atoms with E-state index in [1.807, 2.05) is 4.90 Å². The molecule has 1 saturated heterocycles. The Morgan fingerprint density at radius 3 is 2.61 bits per heavy atom. The van der Waals surface area contributed by atoms with Crippen molar-refractivity contribution in [1.29, 1.82) is 0 Å². The van der Waals surface area contributed by atoms with Crippen molar-refractivity contribution >= 4 is 52.1 Å². The number of rotatable bonds is 9. The van der Waals surface area contributed by atoms with Gasteiger partial charge in [-0.15, -0.1) is 0 Å². The molecule has 2 heterocycles. The van der Waals surface area contributed by atoms with Gasteiger partial charge in [-0.25, -0.2) is 4.39 Å². The lowest BCUT2D eigenvalue weighted by Gasteiger charge is -2.37. The summed E-state index contributed by atoms with van der Waals surface area (Å²) in [6, 6.07) is 10.7. The van der Waals surface area contributed by atoms with Gasteiger partial charge in [-0.3, -0.25) is 24.6 Å². The largest absolute Gasteiger partial charge is 0.324 e. The normalized spacial score (nSPS) is 24.1. The fraction of sp³-hybridized carbons (Fsp3) is 0.333. The van der Waals surface area contributed by atoms with Crippen molar-refractivity contribution in [3.8, 4) is 0 Å². The molecule has 1 N–H and O–H groups in total. The monoisotopic (exact) mass is 598 g/mol. The van der Waals surface area contributed by atoms with Crippen LogP contribution in [0.15, 0.2) is 78.1 Å². The number of halogens is 3. The minimum Gasteiger partial charge on any atom is -0.324 e. The van der Waals surface area contributed by atoms with Gasteiger partial charge in [0.25, 0.3) is 5.69 Å². The Kier molecular flexibility index (Phi) is 8.05. The number of amides is 2. The van der Waals surface area contributed by atoms with Gasteiger partial charge in [-0.1, -0.05) is 41.9 Å². The number of nitro groups is 1. The summed E-state index contributed by atoms with van der Waals surface area (Å²) in [6.45, 7) is 6.28. The zero-order chi connectivity index (χ0) is 29.5. The molecule has 1 spiro atoms. The number of hydrogen-bond acceptors (Lipinski definition) is 5. The molecule has 1 saturated carbocycles. The summed E-state index contributed by atoms with van der Waals surface area (Å²) in [5, 5.41) is 14.7. The average molecular weight is 599 g/mol. The lowest BCUT2D eigenvalue weighted by molar-refractivity contribution is -0.384. The van der Waals surface area contributed by atoms with E-state index in [1.165, 1.54) is 47.4 Å². The van der Waals surface area contributed by atoms with Crippen LogP contribution in [0.5, 0.6) is 0 Å². The predicted octanol–water partition coefficient (Wildman–Crippen LogP) is 6.57. The van der Waals surface area contributed by atoms with E-state index in [-0.39, 0.29) is 29.7 Å². The number of nitro benzene ring substituents is 1. The fourth-order valence-corrected chi connectivity index (χ4v) is 6.35. The van der Waals surface area contributed by atoms with Crippen LogP contribution in [0.25, 0.3) is 0 Å². The molecule has 3 aliphatic rings. The van der Waals surface area contributed by atoms with Gasteiger partial charge in [-0.05, 0) is 62.1 Å². The first-order chi connectivity index (χ1) is 19.6. The Labute approximate surface area is 247 Å². The number of anilines is 2. The first-order valence-corrected chi connectivity index (χ1v) is 14.1. The maximum Gasteiger partial charge on any atom is 0.269 e. The molecule has 1 aliphatic carbocycles. The number of nitrogens with one attached hydrogen (secondary N) is 1. The average Bonchev–Trinajstić information content (AvgIpc) is 3.62. The van der Waals surface area contributed by atoms with E-state index in [2.05, 4.69) is 11.9 Å². The van der Waals surface area contributed by atoms with Crippen LogP contribution in [0.3, 0.4) is 0 Å². The van der Waals surface area contributed by atoms with E-state index in [0.717, 1.165) is 12.8 Å². The highest BCUT2D eigenvalue weighted by atomic mass is 35.5. The van der Waals surface area contributed by atoms with Crippen LogP contribution >= 0.6 is 23.2 Å². The molecular weight excluding hydrogens is 570 g/mol. The molecule has 3 atom stereocenters. The van der Waals surface area contributed by atoms with E-state index < -0.39 is 34.0 Å². The van der Waals surface area contributed by atoms with Crippen molar-refractivity contribution in [2.24, 2.45) is 17.8 Å². The summed E-state index contributed by atoms with van der Waals surface area (Å²) < 4.78 is 16.5. The minimum absolute atomic E-state index is 0.106. The van der Waals surface area contributed by atoms with Crippen LogP contribution in [0.1, 0.15) is 25.3 Å². The predicted molar refractivity (Wildman–Crippen MR) is 157 cm³/mol. The van der Waals surface area contributed by atoms with Crippen molar-refractivity contribution in [3.63, 3.8) is 0 Å². The second-order valence-electron chi connectivity index (χ2n) is 10.6. The molecule has 2 aliphatic heterocycles. The van der Waals surface area contributed by atoms with E-state index in [4.69, 9.17) is 23.2 Å². The number of fused-ring (bicyclic) bond motifs is 2. The molecule has 11 heteroatoms. The van der Waals surface area contributed by atoms with Gasteiger partial charge in [0.05, 0.1) is 16.8 Å². The van der Waals surface area contributed by atoms with Crippen molar-refractivity contribution < 1.29 is 18.9 Å². The van der Waals surface area contributed by atoms with E-state index in [9.17, 15) is 19.7 Å². The molecular formula is C30H29Cl2FN4O4. The molecule has 2 aromatic carbocycles. The number of carbonyl (C=O) groups is 2. The molecule has 2 fully saturated rings. The zero-order valence-corrected chi connectivity index (χ0v) is 23.9. The third kappa shape index (κ3) is 5.29. The third-order valence-corrected chi connectivity index (χ3v) is 8.39. The summed E-state index contributed by atoms with van der Waals surface area (Å²) in [5.41, 5.74) is -0.0843. The first-order valence-electron chi connectivity index (χ1n) is 13.4. The van der Waals surface area contributed by atoms with Gasteiger partial charge in [0, 0.05) is 58.8 Å². The Hall–Kier alpha value is -3.53. The van der Waals surface area contributed by atoms with E-state index in [0.29, 0.717) is 34.4 Å². The molecule has 0 bridgehead atoms. The fourth-order valence-electron chi connectivity index (χ4n) is 6.10. The van der Waals surface area contributed by atoms with Gasteiger partial charge < -0.3 is 10.2 Å². The highest BCUT2D eigenvalue weighted by molar-refractivity contribution is 6.31. The number of non-ortho nitro benzene ring substituents is 1. The van der Waals surface area contributed by atoms with Crippen LogP contribution in [0, 0.1) is 27.9 Å². The van der Waals surface area contributed by atoms with Gasteiger partial charge in [0.1, 0.15) is 11.4 Å². The first kappa shape index (κ1) is 29.0. The Balaban J connectivity index is 1.64. The molecule has 214 valence electrons. The van der Waals surface area contributed by atoms with Gasteiger partial charge in [0.2, 0.25) is 11.8 Å².